The van der Waals surface area contributed by atoms with Crippen molar-refractivity contribution < 1.29 is 35.6 Å². The van der Waals surface area contributed by atoms with E-state index in [-0.39, 0.29) is 11.1 Å². The van der Waals surface area contributed by atoms with Crippen molar-refractivity contribution >= 4 is 76.5 Å². The number of thiazole rings is 2. The summed E-state index contributed by atoms with van der Waals surface area (Å²) in [5.41, 5.74) is 5.10. The lowest BCUT2D eigenvalue weighted by atomic mass is 10.0. The first-order valence-corrected chi connectivity index (χ1v) is 18.4. The normalized spacial score (nSPS) is 13.0. The number of carbonyl (C=O) groups is 2. The molecule has 6 aromatic rings. The number of fused-ring (bicyclic) bond motifs is 2. The molecule has 0 aliphatic carbocycles. The van der Waals surface area contributed by atoms with Gasteiger partial charge < -0.3 is 9.80 Å². The van der Waals surface area contributed by atoms with Crippen LogP contribution in [0.15, 0.2) is 83.8 Å². The minimum absolute atomic E-state index is 0.0306. The van der Waals surface area contributed by atoms with Crippen LogP contribution in [-0.2, 0) is 32.6 Å². The first-order valence-electron chi connectivity index (χ1n) is 15.2. The molecular formula is C34H28F4N6O4S3. The molecule has 0 radical (unpaired) electrons. The molecular weight excluding hydrogens is 729 g/mol. The topological polar surface area (TPSA) is 125 Å². The number of rotatable bonds is 12. The smallest absolute Gasteiger partial charge is 0.278 e. The first kappa shape index (κ1) is 36.0. The number of anilines is 2. The lowest BCUT2D eigenvalue weighted by Crippen LogP contribution is -2.56. The Balaban J connectivity index is 1.31. The van der Waals surface area contributed by atoms with E-state index in [1.807, 2.05) is 0 Å². The number of amides is 2. The quantitative estimate of drug-likeness (QED) is 0.154. The number of nitrogens with zero attached hydrogens (tertiary/aromatic N) is 4. The Morgan fingerprint density at radius 3 is 1.39 bits per heavy atom. The van der Waals surface area contributed by atoms with Crippen LogP contribution in [0.5, 0.6) is 0 Å². The molecule has 2 atom stereocenters. The minimum Gasteiger partial charge on any atom is -0.314 e. The highest BCUT2D eigenvalue weighted by molar-refractivity contribution is 7.87. The Morgan fingerprint density at radius 2 is 1.02 bits per heavy atom. The lowest BCUT2D eigenvalue weighted by Gasteiger charge is -2.28. The number of nitrogens with one attached hydrogen (secondary N) is 2. The van der Waals surface area contributed by atoms with Crippen molar-refractivity contribution in [3.8, 4) is 0 Å². The van der Waals surface area contributed by atoms with Crippen LogP contribution in [0.1, 0.15) is 11.1 Å². The standard InChI is InChI=1S/C34H28F4N6O4S3/c1-43(25-3-5-31-27(15-25)39-17-49-31)33(45)29(11-19-7-21(35)13-22(36)8-19)41-51(47,48)42-30(12-20-9-23(37)14-24(38)10-20)34(46)44(2)26-4-6-32-28(16-26)40-18-50-32/h3-10,13-18,29-30,41-42H,11-12H2,1-2H3/t29-,30?/m0/s1. The van der Waals surface area contributed by atoms with Crippen LogP contribution < -0.4 is 19.2 Å². The fourth-order valence-electron chi connectivity index (χ4n) is 5.53. The number of hydrogen-bond acceptors (Lipinski definition) is 8. The molecule has 6 rings (SSSR count). The summed E-state index contributed by atoms with van der Waals surface area (Å²) in [5, 5.41) is 0. The summed E-state index contributed by atoms with van der Waals surface area (Å²) >= 11 is 2.77. The van der Waals surface area contributed by atoms with Crippen molar-refractivity contribution in [1.29, 1.82) is 0 Å². The Bertz CT molecular complexity index is 2170. The monoisotopic (exact) mass is 756 g/mol. The lowest BCUT2D eigenvalue weighted by molar-refractivity contribution is -0.120. The summed E-state index contributed by atoms with van der Waals surface area (Å²) in [5.74, 6) is -5.36. The SMILES string of the molecule is CN(C(=O)C(Cc1cc(F)cc(F)c1)NS(=O)(=O)N[C@@H](Cc1cc(F)cc(F)c1)C(=O)N(C)c1ccc2scnc2c1)c1ccc2scnc2c1. The van der Waals surface area contributed by atoms with Crippen LogP contribution in [0.3, 0.4) is 0 Å². The average Bonchev–Trinajstić information content (AvgIpc) is 3.74. The highest BCUT2D eigenvalue weighted by atomic mass is 32.2. The Hall–Kier alpha value is -4.81. The molecule has 2 aromatic heterocycles. The highest BCUT2D eigenvalue weighted by Crippen LogP contribution is 2.26. The van der Waals surface area contributed by atoms with Crippen LogP contribution in [0.25, 0.3) is 20.4 Å². The number of benzene rings is 4. The van der Waals surface area contributed by atoms with E-state index in [1.165, 1.54) is 46.6 Å². The molecule has 2 heterocycles. The van der Waals surface area contributed by atoms with Gasteiger partial charge in [-0.2, -0.15) is 17.9 Å². The number of aromatic nitrogens is 2. The molecule has 4 aromatic carbocycles. The van der Waals surface area contributed by atoms with E-state index in [4.69, 9.17) is 0 Å². The molecule has 0 spiro atoms. The van der Waals surface area contributed by atoms with Crippen LogP contribution >= 0.6 is 22.7 Å². The third-order valence-electron chi connectivity index (χ3n) is 7.98. The molecule has 0 saturated carbocycles. The van der Waals surface area contributed by atoms with Crippen molar-refractivity contribution in [2.45, 2.75) is 24.9 Å². The number of carbonyl (C=O) groups excluding carboxylic acids is 2. The zero-order valence-corrected chi connectivity index (χ0v) is 29.3. The maximum atomic E-state index is 14.2. The molecule has 10 nitrogen and oxygen atoms in total. The summed E-state index contributed by atoms with van der Waals surface area (Å²) in [7, 11) is -2.03. The van der Waals surface area contributed by atoms with Crippen LogP contribution in [0.4, 0.5) is 28.9 Å². The van der Waals surface area contributed by atoms with Crippen molar-refractivity contribution in [2.24, 2.45) is 0 Å². The molecule has 17 heteroatoms. The maximum Gasteiger partial charge on any atom is 0.278 e. The number of likely N-dealkylation sites (N-methyl/N-ethyl adjacent to an activating group) is 2. The summed E-state index contributed by atoms with van der Waals surface area (Å²) in [6.07, 6.45) is -0.974. The van der Waals surface area contributed by atoms with Gasteiger partial charge in [-0.3, -0.25) is 9.59 Å². The number of hydrogen-bond donors (Lipinski definition) is 2. The maximum absolute atomic E-state index is 14.2. The number of halogens is 4. The fourth-order valence-corrected chi connectivity index (χ4v) is 8.03. The van der Waals surface area contributed by atoms with Gasteiger partial charge in [0.2, 0.25) is 11.8 Å². The molecule has 51 heavy (non-hydrogen) atoms. The van der Waals surface area contributed by atoms with Gasteiger partial charge in [0.15, 0.2) is 0 Å². The van der Waals surface area contributed by atoms with Crippen LogP contribution in [0.2, 0.25) is 0 Å². The molecule has 0 fully saturated rings. The third kappa shape index (κ3) is 8.57. The Labute approximate surface area is 297 Å². The van der Waals surface area contributed by atoms with Crippen molar-refractivity contribution in [3.63, 3.8) is 0 Å². The van der Waals surface area contributed by atoms with Gasteiger partial charge in [0.25, 0.3) is 10.2 Å². The largest absolute Gasteiger partial charge is 0.314 e. The van der Waals surface area contributed by atoms with E-state index in [0.29, 0.717) is 34.5 Å². The van der Waals surface area contributed by atoms with E-state index < -0.39 is 70.2 Å². The average molecular weight is 757 g/mol. The van der Waals surface area contributed by atoms with Crippen LogP contribution in [-0.4, -0.2) is 56.4 Å². The zero-order valence-electron chi connectivity index (χ0n) is 26.8. The fraction of sp³-hybridized carbons (Fsp3) is 0.176. The zero-order chi connectivity index (χ0) is 36.4. The molecule has 264 valence electrons. The van der Waals surface area contributed by atoms with Gasteiger partial charge in [-0.05, 0) is 84.6 Å². The molecule has 1 unspecified atom stereocenters. The summed E-state index contributed by atoms with van der Waals surface area (Å²) in [4.78, 5) is 38.7. The van der Waals surface area contributed by atoms with Gasteiger partial charge in [0, 0.05) is 37.6 Å². The van der Waals surface area contributed by atoms with E-state index in [0.717, 1.165) is 33.7 Å². The minimum atomic E-state index is -4.82. The molecule has 0 aliphatic heterocycles. The second kappa shape index (κ2) is 14.8. The van der Waals surface area contributed by atoms with E-state index in [2.05, 4.69) is 19.4 Å². The molecule has 0 aliphatic rings. The second-order valence-corrected chi connectivity index (χ2v) is 14.9. The van der Waals surface area contributed by atoms with Gasteiger partial charge in [0.05, 0.1) is 31.5 Å². The van der Waals surface area contributed by atoms with Gasteiger partial charge >= 0.3 is 0 Å². The van der Waals surface area contributed by atoms with Crippen molar-refractivity contribution in [1.82, 2.24) is 19.4 Å². The Kier molecular flexibility index (Phi) is 10.5. The van der Waals surface area contributed by atoms with E-state index in [9.17, 15) is 35.6 Å². The Morgan fingerprint density at radius 1 is 0.647 bits per heavy atom. The summed E-state index contributed by atoms with van der Waals surface area (Å²) in [6.45, 7) is 0. The third-order valence-corrected chi connectivity index (χ3v) is 10.8. The van der Waals surface area contributed by atoms with Gasteiger partial charge in [-0.25, -0.2) is 27.5 Å². The van der Waals surface area contributed by atoms with E-state index in [1.54, 1.807) is 47.4 Å². The predicted molar refractivity (Wildman–Crippen MR) is 189 cm³/mol. The second-order valence-electron chi connectivity index (χ2n) is 11.6. The predicted octanol–water partition coefficient (Wildman–Crippen LogP) is 5.73. The van der Waals surface area contributed by atoms with Gasteiger partial charge in [-0.15, -0.1) is 22.7 Å². The molecule has 2 N–H and O–H groups in total. The molecule has 0 saturated heterocycles. The molecule has 0 bridgehead atoms. The molecule has 2 amide bonds. The van der Waals surface area contributed by atoms with Gasteiger partial charge in [-0.1, -0.05) is 0 Å². The van der Waals surface area contributed by atoms with E-state index >= 15 is 0 Å². The highest BCUT2D eigenvalue weighted by Gasteiger charge is 2.33. The summed E-state index contributed by atoms with van der Waals surface area (Å²) < 4.78 is 90.5. The van der Waals surface area contributed by atoms with Gasteiger partial charge in [0.1, 0.15) is 35.4 Å². The van der Waals surface area contributed by atoms with Crippen molar-refractivity contribution in [3.05, 3.63) is 118 Å². The van der Waals surface area contributed by atoms with Crippen LogP contribution in [0, 0.1) is 23.3 Å². The first-order chi connectivity index (χ1) is 24.2. The summed E-state index contributed by atoms with van der Waals surface area (Å²) in [6, 6.07) is 11.8. The van der Waals surface area contributed by atoms with Crippen molar-refractivity contribution in [2.75, 3.05) is 23.9 Å².